The Balaban J connectivity index is 1.84. The topological polar surface area (TPSA) is 121 Å². The molecule has 4 aliphatic carbocycles. The van der Waals surface area contributed by atoms with Gasteiger partial charge in [0.1, 0.15) is 12.7 Å². The van der Waals surface area contributed by atoms with Crippen molar-refractivity contribution < 1.29 is 38.8 Å². The second kappa shape index (κ2) is 6.80. The van der Waals surface area contributed by atoms with Gasteiger partial charge in [0.25, 0.3) is 0 Å². The lowest BCUT2D eigenvalue weighted by Gasteiger charge is -2.62. The normalized spacial score (nSPS) is 48.4. The summed E-state index contributed by atoms with van der Waals surface area (Å²) in [6.07, 6.45) is 2.01. The maximum atomic E-state index is 17.0. The number of carbonyl (C=O) groups excluding carboxylic acids is 3. The number of allylic oxidation sites excluding steroid dienone is 4. The summed E-state index contributed by atoms with van der Waals surface area (Å²) in [7, 11) is 0. The molecule has 0 spiro atoms. The first-order valence-electron chi connectivity index (χ1n) is 10.7. The summed E-state index contributed by atoms with van der Waals surface area (Å²) in [5.74, 6) is -3.16. The number of carbonyl (C=O) groups is 3. The first-order chi connectivity index (χ1) is 14.4. The Morgan fingerprint density at radius 2 is 1.97 bits per heavy atom. The Morgan fingerprint density at radius 3 is 2.58 bits per heavy atom. The van der Waals surface area contributed by atoms with Crippen molar-refractivity contribution in [3.8, 4) is 0 Å². The highest BCUT2D eigenvalue weighted by atomic mass is 19.1. The molecule has 8 atom stereocenters. The van der Waals surface area contributed by atoms with Gasteiger partial charge in [0.2, 0.25) is 0 Å². The van der Waals surface area contributed by atoms with Crippen LogP contribution in [-0.4, -0.2) is 62.9 Å². The first kappa shape index (κ1) is 22.3. The molecular weight excluding hydrogens is 407 g/mol. The fraction of sp³-hybridized carbons (Fsp3) is 0.696. The molecule has 0 heterocycles. The van der Waals surface area contributed by atoms with E-state index >= 15 is 4.39 Å². The molecule has 0 amide bonds. The van der Waals surface area contributed by atoms with Crippen LogP contribution in [0.1, 0.15) is 46.5 Å². The van der Waals surface area contributed by atoms with Crippen molar-refractivity contribution in [3.63, 3.8) is 0 Å². The van der Waals surface area contributed by atoms with Gasteiger partial charge in [-0.3, -0.25) is 14.4 Å². The molecule has 0 unspecified atom stereocenters. The lowest BCUT2D eigenvalue weighted by Crippen LogP contribution is -2.70. The Bertz CT molecular complexity index is 912. The summed E-state index contributed by atoms with van der Waals surface area (Å²) in [6, 6.07) is 0. The number of rotatable bonds is 3. The summed E-state index contributed by atoms with van der Waals surface area (Å²) in [6.45, 7) is 3.47. The molecule has 3 saturated carbocycles. The maximum Gasteiger partial charge on any atom is 0.303 e. The van der Waals surface area contributed by atoms with Crippen molar-refractivity contribution in [2.24, 2.45) is 22.7 Å². The van der Waals surface area contributed by atoms with Gasteiger partial charge in [0, 0.05) is 23.7 Å². The van der Waals surface area contributed by atoms with Crippen molar-refractivity contribution >= 4 is 17.5 Å². The van der Waals surface area contributed by atoms with Crippen LogP contribution >= 0.6 is 0 Å². The molecule has 8 heteroatoms. The van der Waals surface area contributed by atoms with Crippen LogP contribution in [0.15, 0.2) is 23.8 Å². The molecule has 0 aromatic heterocycles. The van der Waals surface area contributed by atoms with Gasteiger partial charge < -0.3 is 20.1 Å². The largest absolute Gasteiger partial charge is 0.459 e. The van der Waals surface area contributed by atoms with E-state index in [1.165, 1.54) is 18.2 Å². The van der Waals surface area contributed by atoms with Gasteiger partial charge in [-0.25, -0.2) is 4.39 Å². The minimum absolute atomic E-state index is 0.0408. The number of halogens is 1. The van der Waals surface area contributed by atoms with Crippen LogP contribution < -0.4 is 0 Å². The van der Waals surface area contributed by atoms with E-state index in [0.717, 1.165) is 6.92 Å². The standard InChI is InChI=1S/C23H29FO7/c1-12(26)31-19-9-16-15-5-4-13-8-14(27)6-7-20(13,2)22(15,24)17(28)10-21(16,3)23(19,30)18(29)11-25/h6-8,15-17,19,25,28,30H,4-5,9-11H2,1-3H3/t15-,16-,17-,19+,20-,21-,22-,23+/m0/s1. The monoisotopic (exact) mass is 436 g/mol. The van der Waals surface area contributed by atoms with Crippen LogP contribution in [0.5, 0.6) is 0 Å². The van der Waals surface area contributed by atoms with E-state index in [4.69, 9.17) is 4.74 Å². The van der Waals surface area contributed by atoms with Crippen molar-refractivity contribution in [2.45, 2.75) is 69.9 Å². The van der Waals surface area contributed by atoms with Gasteiger partial charge >= 0.3 is 5.97 Å². The molecule has 0 aliphatic heterocycles. The Labute approximate surface area is 180 Å². The van der Waals surface area contributed by atoms with E-state index in [2.05, 4.69) is 0 Å². The highest BCUT2D eigenvalue weighted by molar-refractivity contribution is 6.01. The third-order valence-electron chi connectivity index (χ3n) is 8.71. The molecular formula is C23H29FO7. The fourth-order valence-electron chi connectivity index (χ4n) is 7.15. The molecule has 4 rings (SSSR count). The summed E-state index contributed by atoms with van der Waals surface area (Å²) in [5.41, 5.74) is -6.26. The predicted molar refractivity (Wildman–Crippen MR) is 106 cm³/mol. The molecule has 0 saturated heterocycles. The van der Waals surface area contributed by atoms with Gasteiger partial charge in [0.05, 0.1) is 6.10 Å². The molecule has 0 aromatic rings. The highest BCUT2D eigenvalue weighted by Crippen LogP contribution is 2.70. The minimum Gasteiger partial charge on any atom is -0.459 e. The van der Waals surface area contributed by atoms with E-state index in [1.807, 2.05) is 0 Å². The van der Waals surface area contributed by atoms with E-state index in [9.17, 15) is 29.7 Å². The van der Waals surface area contributed by atoms with Crippen LogP contribution in [0, 0.1) is 22.7 Å². The predicted octanol–water partition coefficient (Wildman–Crippen LogP) is 1.19. The second-order valence-electron chi connectivity index (χ2n) is 9.95. The molecule has 0 bridgehead atoms. The third kappa shape index (κ3) is 2.58. The lowest BCUT2D eigenvalue weighted by atomic mass is 9.44. The van der Waals surface area contributed by atoms with Gasteiger partial charge in [-0.15, -0.1) is 0 Å². The quantitative estimate of drug-likeness (QED) is 0.568. The van der Waals surface area contributed by atoms with Gasteiger partial charge in [-0.2, -0.15) is 0 Å². The van der Waals surface area contributed by atoms with Gasteiger partial charge in [0.15, 0.2) is 22.8 Å². The number of ketones is 2. The van der Waals surface area contributed by atoms with Crippen molar-refractivity contribution in [2.75, 3.05) is 6.61 Å². The minimum atomic E-state index is -2.24. The molecule has 0 aromatic carbocycles. The van der Waals surface area contributed by atoms with Crippen molar-refractivity contribution in [1.82, 2.24) is 0 Å². The smallest absolute Gasteiger partial charge is 0.303 e. The first-order valence-corrected chi connectivity index (χ1v) is 10.7. The number of aliphatic hydroxyl groups is 3. The number of hydrogen-bond acceptors (Lipinski definition) is 7. The number of esters is 1. The number of Topliss-reactive ketones (excluding diaryl/α,β-unsaturated/α-hetero) is 1. The average Bonchev–Trinajstić information content (AvgIpc) is 2.91. The summed E-state index contributed by atoms with van der Waals surface area (Å²) in [5, 5.41) is 32.3. The Morgan fingerprint density at radius 1 is 1.29 bits per heavy atom. The number of alkyl halides is 1. The van der Waals surface area contributed by atoms with Gasteiger partial charge in [-0.1, -0.05) is 18.6 Å². The lowest BCUT2D eigenvalue weighted by molar-refractivity contribution is -0.223. The molecule has 170 valence electrons. The van der Waals surface area contributed by atoms with E-state index < -0.39 is 64.5 Å². The van der Waals surface area contributed by atoms with E-state index in [0.29, 0.717) is 18.4 Å². The molecule has 4 aliphatic rings. The second-order valence-corrected chi connectivity index (χ2v) is 9.95. The SMILES string of the molecule is CC(=O)O[C@@H]1C[C@H]2[C@@H]3CCC4=CC(=O)C=C[C@]4(C)[C@@]3(F)[C@@H](O)C[C@]2(C)[C@@]1(O)C(=O)CO. The third-order valence-corrected chi connectivity index (χ3v) is 8.71. The zero-order valence-corrected chi connectivity index (χ0v) is 17.9. The number of ether oxygens (including phenoxy) is 1. The zero-order valence-electron chi connectivity index (χ0n) is 17.9. The molecule has 3 fully saturated rings. The van der Waals surface area contributed by atoms with Crippen molar-refractivity contribution in [3.05, 3.63) is 23.8 Å². The number of aliphatic hydroxyl groups excluding tert-OH is 2. The number of fused-ring (bicyclic) bond motifs is 5. The average molecular weight is 436 g/mol. The van der Waals surface area contributed by atoms with E-state index in [-0.39, 0.29) is 18.6 Å². The van der Waals surface area contributed by atoms with Gasteiger partial charge in [-0.05, 0) is 50.7 Å². The zero-order chi connectivity index (χ0) is 23.0. The highest BCUT2D eigenvalue weighted by Gasteiger charge is 2.77. The van der Waals surface area contributed by atoms with Crippen molar-refractivity contribution in [1.29, 1.82) is 0 Å². The number of hydrogen-bond donors (Lipinski definition) is 3. The molecule has 0 radical (unpaired) electrons. The van der Waals surface area contributed by atoms with Crippen LogP contribution in [0.3, 0.4) is 0 Å². The molecule has 7 nitrogen and oxygen atoms in total. The maximum absolute atomic E-state index is 17.0. The van der Waals surface area contributed by atoms with Crippen LogP contribution in [0.2, 0.25) is 0 Å². The Kier molecular flexibility index (Phi) is 4.89. The fourth-order valence-corrected chi connectivity index (χ4v) is 7.15. The molecule has 31 heavy (non-hydrogen) atoms. The van der Waals surface area contributed by atoms with Crippen LogP contribution in [0.25, 0.3) is 0 Å². The summed E-state index contributed by atoms with van der Waals surface area (Å²) < 4.78 is 22.3. The van der Waals surface area contributed by atoms with Crippen LogP contribution in [-0.2, 0) is 19.1 Å². The summed E-state index contributed by atoms with van der Waals surface area (Å²) >= 11 is 0. The Hall–Kier alpha value is -1.90. The molecule has 3 N–H and O–H groups in total. The van der Waals surface area contributed by atoms with Crippen LogP contribution in [0.4, 0.5) is 4.39 Å². The summed E-state index contributed by atoms with van der Waals surface area (Å²) in [4.78, 5) is 36.3. The van der Waals surface area contributed by atoms with E-state index in [1.54, 1.807) is 13.8 Å².